The Morgan fingerprint density at radius 1 is 1.30 bits per heavy atom. The maximum Gasteiger partial charge on any atom is 0.267 e. The summed E-state index contributed by atoms with van der Waals surface area (Å²) in [7, 11) is 3.14. The Morgan fingerprint density at radius 2 is 2.11 bits per heavy atom. The molecule has 0 bridgehead atoms. The quantitative estimate of drug-likeness (QED) is 0.542. The molecule has 27 heavy (non-hydrogen) atoms. The van der Waals surface area contributed by atoms with Crippen molar-refractivity contribution >= 4 is 45.4 Å². The molecule has 140 valence electrons. The molecule has 1 amide bonds. The van der Waals surface area contributed by atoms with Crippen LogP contribution in [0.1, 0.15) is 10.6 Å². The Balaban J connectivity index is 2.00. The normalized spacial score (nSPS) is 17.0. The zero-order chi connectivity index (χ0) is 19.4. The van der Waals surface area contributed by atoms with E-state index in [4.69, 9.17) is 9.47 Å². The van der Waals surface area contributed by atoms with Crippen LogP contribution in [-0.2, 0) is 4.79 Å². The van der Waals surface area contributed by atoms with Crippen molar-refractivity contribution < 1.29 is 14.3 Å². The molecule has 0 atom stereocenters. The standard InChI is InChI=1S/C18H18N4O3S2/c1-5-9-22-16(23)14(27-18(22)19-17-21-20-11(2)26-17)10-12-7-6-8-13(24-3)15(12)25-4/h5-8,10H,1,9H2,2-4H3/b14-10-,19-18+. The fraction of sp³-hybridized carbons (Fsp3) is 0.222. The summed E-state index contributed by atoms with van der Waals surface area (Å²) >= 11 is 2.65. The topological polar surface area (TPSA) is 76.9 Å². The van der Waals surface area contributed by atoms with Crippen molar-refractivity contribution in [3.8, 4) is 11.5 Å². The van der Waals surface area contributed by atoms with Crippen LogP contribution in [0.15, 0.2) is 40.8 Å². The van der Waals surface area contributed by atoms with Crippen molar-refractivity contribution in [1.82, 2.24) is 15.1 Å². The molecule has 0 unspecified atom stereocenters. The van der Waals surface area contributed by atoms with Crippen molar-refractivity contribution in [1.29, 1.82) is 0 Å². The van der Waals surface area contributed by atoms with Crippen LogP contribution >= 0.6 is 23.1 Å². The van der Waals surface area contributed by atoms with Crippen molar-refractivity contribution in [3.05, 3.63) is 46.3 Å². The lowest BCUT2D eigenvalue weighted by molar-refractivity contribution is -0.121. The number of carbonyl (C=O) groups is 1. The van der Waals surface area contributed by atoms with Gasteiger partial charge < -0.3 is 9.47 Å². The SMILES string of the molecule is C=CCN1C(=O)/C(=C/c2cccc(OC)c2OC)S/C1=N/c1nnc(C)s1. The molecular weight excluding hydrogens is 384 g/mol. The first-order valence-electron chi connectivity index (χ1n) is 7.99. The largest absolute Gasteiger partial charge is 0.493 e. The van der Waals surface area contributed by atoms with Gasteiger partial charge in [0.25, 0.3) is 5.91 Å². The fourth-order valence-electron chi connectivity index (χ4n) is 2.46. The second kappa shape index (κ2) is 8.36. The third-order valence-electron chi connectivity index (χ3n) is 3.63. The van der Waals surface area contributed by atoms with E-state index in [1.807, 2.05) is 19.1 Å². The summed E-state index contributed by atoms with van der Waals surface area (Å²) in [4.78, 5) is 19.4. The number of carbonyl (C=O) groups excluding carboxylic acids is 1. The van der Waals surface area contributed by atoms with Gasteiger partial charge in [0.1, 0.15) is 5.01 Å². The van der Waals surface area contributed by atoms with Crippen LogP contribution in [-0.4, -0.2) is 46.9 Å². The molecule has 1 fully saturated rings. The highest BCUT2D eigenvalue weighted by atomic mass is 32.2. The molecule has 1 saturated heterocycles. The summed E-state index contributed by atoms with van der Waals surface area (Å²) in [5.74, 6) is 1.02. The first kappa shape index (κ1) is 19.1. The molecule has 9 heteroatoms. The summed E-state index contributed by atoms with van der Waals surface area (Å²) in [6.07, 6.45) is 3.44. The average Bonchev–Trinajstić information content (AvgIpc) is 3.20. The lowest BCUT2D eigenvalue weighted by Crippen LogP contribution is -2.29. The molecule has 1 aromatic carbocycles. The summed E-state index contributed by atoms with van der Waals surface area (Å²) in [5, 5.41) is 9.84. The summed E-state index contributed by atoms with van der Waals surface area (Å²) in [5.41, 5.74) is 0.749. The number of methoxy groups -OCH3 is 2. The van der Waals surface area contributed by atoms with E-state index in [1.165, 1.54) is 23.1 Å². The Bertz CT molecular complexity index is 936. The van der Waals surface area contributed by atoms with Gasteiger partial charge in [-0.3, -0.25) is 9.69 Å². The van der Waals surface area contributed by atoms with E-state index >= 15 is 0 Å². The number of hydrogen-bond donors (Lipinski definition) is 0. The van der Waals surface area contributed by atoms with Crippen LogP contribution in [0.3, 0.4) is 0 Å². The van der Waals surface area contributed by atoms with Gasteiger partial charge in [-0.2, -0.15) is 4.99 Å². The number of benzene rings is 1. The third kappa shape index (κ3) is 4.04. The van der Waals surface area contributed by atoms with Gasteiger partial charge in [0.05, 0.1) is 19.1 Å². The van der Waals surface area contributed by atoms with E-state index in [0.717, 1.165) is 10.6 Å². The molecule has 3 rings (SSSR count). The highest BCUT2D eigenvalue weighted by Gasteiger charge is 2.33. The summed E-state index contributed by atoms with van der Waals surface area (Å²) in [6.45, 7) is 5.94. The predicted octanol–water partition coefficient (Wildman–Crippen LogP) is 3.65. The van der Waals surface area contributed by atoms with Crippen molar-refractivity contribution in [3.63, 3.8) is 0 Å². The highest BCUT2D eigenvalue weighted by molar-refractivity contribution is 8.18. The van der Waals surface area contributed by atoms with E-state index in [9.17, 15) is 4.79 Å². The van der Waals surface area contributed by atoms with Gasteiger partial charge in [-0.15, -0.1) is 16.8 Å². The van der Waals surface area contributed by atoms with Crippen molar-refractivity contribution in [2.24, 2.45) is 4.99 Å². The molecule has 0 N–H and O–H groups in total. The smallest absolute Gasteiger partial charge is 0.267 e. The van der Waals surface area contributed by atoms with Gasteiger partial charge in [0.15, 0.2) is 16.7 Å². The van der Waals surface area contributed by atoms with Crippen molar-refractivity contribution in [2.45, 2.75) is 6.92 Å². The number of rotatable bonds is 6. The van der Waals surface area contributed by atoms with E-state index in [1.54, 1.807) is 37.3 Å². The number of ether oxygens (including phenoxy) is 2. The number of hydrogen-bond acceptors (Lipinski definition) is 8. The Kier molecular flexibility index (Phi) is 5.92. The van der Waals surface area contributed by atoms with Crippen LogP contribution in [0.2, 0.25) is 0 Å². The summed E-state index contributed by atoms with van der Waals surface area (Å²) < 4.78 is 10.8. The zero-order valence-corrected chi connectivity index (χ0v) is 16.8. The molecular formula is C18H18N4O3S2. The minimum absolute atomic E-state index is 0.148. The number of aryl methyl sites for hydroxylation is 1. The fourth-order valence-corrected chi connectivity index (χ4v) is 4.06. The molecule has 2 heterocycles. The van der Waals surface area contributed by atoms with Crippen LogP contribution in [0.5, 0.6) is 11.5 Å². The number of amidine groups is 1. The Hall–Kier alpha value is -2.65. The lowest BCUT2D eigenvalue weighted by atomic mass is 10.1. The first-order valence-corrected chi connectivity index (χ1v) is 9.62. The maximum atomic E-state index is 12.9. The number of thioether (sulfide) groups is 1. The second-order valence-corrected chi connectivity index (χ2v) is 7.57. The van der Waals surface area contributed by atoms with Crippen LogP contribution in [0.25, 0.3) is 6.08 Å². The van der Waals surface area contributed by atoms with Crippen molar-refractivity contribution in [2.75, 3.05) is 20.8 Å². The maximum absolute atomic E-state index is 12.9. The van der Waals surface area contributed by atoms with Gasteiger partial charge in [0, 0.05) is 12.1 Å². The number of aliphatic imine (C=N–C) groups is 1. The molecule has 0 aliphatic carbocycles. The predicted molar refractivity (Wildman–Crippen MR) is 109 cm³/mol. The summed E-state index contributed by atoms with van der Waals surface area (Å²) in [6, 6.07) is 5.51. The zero-order valence-electron chi connectivity index (χ0n) is 15.1. The van der Waals surface area contributed by atoms with E-state index < -0.39 is 0 Å². The molecule has 1 aliphatic heterocycles. The average molecular weight is 403 g/mol. The number of nitrogens with zero attached hydrogens (tertiary/aromatic N) is 4. The highest BCUT2D eigenvalue weighted by Crippen LogP contribution is 2.38. The number of para-hydroxylation sites is 1. The van der Waals surface area contributed by atoms with Gasteiger partial charge >= 0.3 is 0 Å². The van der Waals surface area contributed by atoms with Gasteiger partial charge in [-0.25, -0.2) is 0 Å². The Labute approximate surface area is 165 Å². The number of amides is 1. The minimum atomic E-state index is -0.148. The van der Waals surface area contributed by atoms with Gasteiger partial charge in [0.2, 0.25) is 5.13 Å². The molecule has 0 spiro atoms. The van der Waals surface area contributed by atoms with Crippen LogP contribution in [0, 0.1) is 6.92 Å². The van der Waals surface area contributed by atoms with Crippen LogP contribution < -0.4 is 9.47 Å². The number of aromatic nitrogens is 2. The molecule has 0 saturated carbocycles. The Morgan fingerprint density at radius 3 is 2.74 bits per heavy atom. The van der Waals surface area contributed by atoms with Crippen LogP contribution in [0.4, 0.5) is 5.13 Å². The van der Waals surface area contributed by atoms with E-state index in [0.29, 0.717) is 33.2 Å². The molecule has 1 aliphatic rings. The molecule has 7 nitrogen and oxygen atoms in total. The van der Waals surface area contributed by atoms with E-state index in [-0.39, 0.29) is 5.91 Å². The lowest BCUT2D eigenvalue weighted by Gasteiger charge is -2.12. The van der Waals surface area contributed by atoms with Gasteiger partial charge in [-0.1, -0.05) is 29.5 Å². The first-order chi connectivity index (χ1) is 13.1. The third-order valence-corrected chi connectivity index (χ3v) is 5.37. The minimum Gasteiger partial charge on any atom is -0.493 e. The molecule has 2 aromatic rings. The van der Waals surface area contributed by atoms with Gasteiger partial charge in [-0.05, 0) is 30.8 Å². The monoisotopic (exact) mass is 402 g/mol. The molecule has 1 aromatic heterocycles. The molecule has 0 radical (unpaired) electrons. The van der Waals surface area contributed by atoms with E-state index in [2.05, 4.69) is 21.8 Å². The second-order valence-electron chi connectivity index (χ2n) is 5.40.